The Labute approximate surface area is 60.6 Å². The molecule has 0 aromatic carbocycles. The van der Waals surface area contributed by atoms with E-state index >= 15 is 0 Å². The van der Waals surface area contributed by atoms with E-state index in [0.29, 0.717) is 6.42 Å². The van der Waals surface area contributed by atoms with Crippen LogP contribution >= 0.6 is 0 Å². The molecule has 0 radical (unpaired) electrons. The van der Waals surface area contributed by atoms with Crippen LogP contribution in [0.4, 0.5) is 0 Å². The monoisotopic (exact) mass is 146 g/mol. The van der Waals surface area contributed by atoms with Crippen LogP contribution in [0.25, 0.3) is 0 Å². The summed E-state index contributed by atoms with van der Waals surface area (Å²) in [7, 11) is 1.83. The molecule has 1 atom stereocenters. The fourth-order valence-corrected chi connectivity index (χ4v) is 0.783. The molecule has 0 saturated heterocycles. The largest absolute Gasteiger partial charge is 0.319 e. The summed E-state index contributed by atoms with van der Waals surface area (Å²) in [5.41, 5.74) is 1.59. The molecule has 0 heterocycles. The van der Waals surface area contributed by atoms with Crippen molar-refractivity contribution in [2.24, 2.45) is 5.92 Å². The van der Waals surface area contributed by atoms with Crippen molar-refractivity contribution in [2.75, 3.05) is 13.6 Å². The molecular formula is C6H14N2O2. The van der Waals surface area contributed by atoms with Gasteiger partial charge in [-0.25, -0.2) is 5.48 Å². The third-order valence-electron chi connectivity index (χ3n) is 1.21. The lowest BCUT2D eigenvalue weighted by molar-refractivity contribution is -0.130. The molecule has 0 aromatic heterocycles. The van der Waals surface area contributed by atoms with Crippen LogP contribution in [0, 0.1) is 5.92 Å². The van der Waals surface area contributed by atoms with Crippen LogP contribution in [0.3, 0.4) is 0 Å². The van der Waals surface area contributed by atoms with Crippen molar-refractivity contribution in [2.45, 2.75) is 13.3 Å². The highest BCUT2D eigenvalue weighted by Gasteiger charge is 2.05. The third kappa shape index (κ3) is 4.29. The zero-order valence-corrected chi connectivity index (χ0v) is 6.35. The number of hydrogen-bond donors (Lipinski definition) is 3. The second kappa shape index (κ2) is 5.20. The maximum atomic E-state index is 10.5. The fourth-order valence-electron chi connectivity index (χ4n) is 0.783. The Morgan fingerprint density at radius 3 is 2.70 bits per heavy atom. The van der Waals surface area contributed by atoms with E-state index in [1.54, 1.807) is 5.48 Å². The van der Waals surface area contributed by atoms with E-state index in [2.05, 4.69) is 5.32 Å². The summed E-state index contributed by atoms with van der Waals surface area (Å²) in [6, 6.07) is 0. The average molecular weight is 146 g/mol. The average Bonchev–Trinajstić information content (AvgIpc) is 1.88. The number of hydrogen-bond acceptors (Lipinski definition) is 3. The zero-order chi connectivity index (χ0) is 7.98. The first-order valence-corrected chi connectivity index (χ1v) is 3.28. The molecule has 0 fully saturated rings. The minimum absolute atomic E-state index is 0.261. The van der Waals surface area contributed by atoms with E-state index in [-0.39, 0.29) is 11.8 Å². The Bertz CT molecular complexity index is 106. The summed E-state index contributed by atoms with van der Waals surface area (Å²) in [5, 5.41) is 11.1. The van der Waals surface area contributed by atoms with Crippen molar-refractivity contribution < 1.29 is 10.0 Å². The van der Waals surface area contributed by atoms with Crippen LogP contribution < -0.4 is 10.8 Å². The molecule has 0 aliphatic carbocycles. The Kier molecular flexibility index (Phi) is 4.88. The maximum Gasteiger partial charge on any atom is 0.243 e. The number of carbonyl (C=O) groups excluding carboxylic acids is 1. The lowest BCUT2D eigenvalue weighted by Gasteiger charge is -2.07. The van der Waals surface area contributed by atoms with Gasteiger partial charge in [-0.3, -0.25) is 10.0 Å². The lowest BCUT2D eigenvalue weighted by atomic mass is 10.1. The van der Waals surface area contributed by atoms with Gasteiger partial charge in [-0.1, -0.05) is 6.92 Å². The van der Waals surface area contributed by atoms with Gasteiger partial charge in [0.15, 0.2) is 0 Å². The molecule has 4 nitrogen and oxygen atoms in total. The summed E-state index contributed by atoms with van der Waals surface area (Å²) in [4.78, 5) is 10.5. The summed E-state index contributed by atoms with van der Waals surface area (Å²) >= 11 is 0. The zero-order valence-electron chi connectivity index (χ0n) is 6.35. The third-order valence-corrected chi connectivity index (χ3v) is 1.21. The van der Waals surface area contributed by atoms with E-state index in [0.717, 1.165) is 6.54 Å². The normalized spacial score (nSPS) is 12.7. The summed E-state index contributed by atoms with van der Waals surface area (Å²) in [6.07, 6.45) is 0.358. The molecular weight excluding hydrogens is 132 g/mol. The number of hydroxylamine groups is 1. The fraction of sp³-hybridized carbons (Fsp3) is 0.833. The van der Waals surface area contributed by atoms with Crippen molar-refractivity contribution in [3.63, 3.8) is 0 Å². The van der Waals surface area contributed by atoms with E-state index in [4.69, 9.17) is 5.21 Å². The van der Waals surface area contributed by atoms with Gasteiger partial charge >= 0.3 is 0 Å². The molecule has 0 rings (SSSR count). The van der Waals surface area contributed by atoms with Crippen molar-refractivity contribution in [1.82, 2.24) is 10.8 Å². The van der Waals surface area contributed by atoms with Crippen molar-refractivity contribution >= 4 is 5.91 Å². The van der Waals surface area contributed by atoms with Gasteiger partial charge < -0.3 is 5.32 Å². The minimum Gasteiger partial charge on any atom is -0.319 e. The molecule has 0 saturated carbocycles. The highest BCUT2D eigenvalue weighted by Crippen LogP contribution is 1.97. The molecule has 0 aliphatic heterocycles. The molecule has 10 heavy (non-hydrogen) atoms. The first-order valence-electron chi connectivity index (χ1n) is 3.28. The standard InChI is InChI=1S/C6H14N2O2/c1-5(4-7-2)3-6(9)8-10/h5,7,10H,3-4H2,1-2H3,(H,8,9). The summed E-state index contributed by atoms with van der Waals surface area (Å²) in [6.45, 7) is 2.72. The van der Waals surface area contributed by atoms with Crippen molar-refractivity contribution in [1.29, 1.82) is 0 Å². The van der Waals surface area contributed by atoms with Gasteiger partial charge in [0.1, 0.15) is 0 Å². The Hall–Kier alpha value is -0.610. The molecule has 0 aromatic rings. The predicted molar refractivity (Wildman–Crippen MR) is 37.6 cm³/mol. The van der Waals surface area contributed by atoms with Gasteiger partial charge in [0.05, 0.1) is 0 Å². The number of rotatable bonds is 4. The Balaban J connectivity index is 3.37. The quantitative estimate of drug-likeness (QED) is 0.378. The van der Waals surface area contributed by atoms with Gasteiger partial charge in [-0.2, -0.15) is 0 Å². The van der Waals surface area contributed by atoms with Gasteiger partial charge in [0.25, 0.3) is 0 Å². The van der Waals surface area contributed by atoms with E-state index < -0.39 is 0 Å². The molecule has 1 amide bonds. The minimum atomic E-state index is -0.331. The molecule has 1 unspecified atom stereocenters. The molecule has 60 valence electrons. The topological polar surface area (TPSA) is 61.4 Å². The molecule has 0 aliphatic rings. The second-order valence-corrected chi connectivity index (χ2v) is 2.40. The van der Waals surface area contributed by atoms with Crippen molar-refractivity contribution in [3.8, 4) is 0 Å². The van der Waals surface area contributed by atoms with Crippen LogP contribution in [0.2, 0.25) is 0 Å². The van der Waals surface area contributed by atoms with Gasteiger partial charge in [0, 0.05) is 6.42 Å². The Morgan fingerprint density at radius 2 is 2.30 bits per heavy atom. The van der Waals surface area contributed by atoms with Crippen LogP contribution in [0.5, 0.6) is 0 Å². The van der Waals surface area contributed by atoms with E-state index in [9.17, 15) is 4.79 Å². The van der Waals surface area contributed by atoms with Crippen LogP contribution in [0.1, 0.15) is 13.3 Å². The first kappa shape index (κ1) is 9.39. The summed E-state index contributed by atoms with van der Waals surface area (Å²) in [5.74, 6) is -0.0695. The summed E-state index contributed by atoms with van der Waals surface area (Å²) < 4.78 is 0. The first-order chi connectivity index (χ1) is 4.70. The lowest BCUT2D eigenvalue weighted by Crippen LogP contribution is -2.25. The Morgan fingerprint density at radius 1 is 1.70 bits per heavy atom. The maximum absolute atomic E-state index is 10.5. The SMILES string of the molecule is CNCC(C)CC(=O)NO. The van der Waals surface area contributed by atoms with Gasteiger partial charge in [-0.15, -0.1) is 0 Å². The highest BCUT2D eigenvalue weighted by molar-refractivity contribution is 5.74. The van der Waals surface area contributed by atoms with Crippen LogP contribution in [0.15, 0.2) is 0 Å². The smallest absolute Gasteiger partial charge is 0.243 e. The van der Waals surface area contributed by atoms with Crippen LogP contribution in [-0.2, 0) is 4.79 Å². The number of amides is 1. The molecule has 4 heteroatoms. The number of nitrogens with one attached hydrogen (secondary N) is 2. The predicted octanol–water partition coefficient (Wildman–Crippen LogP) is -0.263. The number of carbonyl (C=O) groups is 1. The van der Waals surface area contributed by atoms with Crippen molar-refractivity contribution in [3.05, 3.63) is 0 Å². The van der Waals surface area contributed by atoms with Crippen LogP contribution in [-0.4, -0.2) is 24.7 Å². The molecule has 0 bridgehead atoms. The van der Waals surface area contributed by atoms with E-state index in [1.807, 2.05) is 14.0 Å². The highest BCUT2D eigenvalue weighted by atomic mass is 16.5. The molecule has 3 N–H and O–H groups in total. The van der Waals surface area contributed by atoms with E-state index in [1.165, 1.54) is 0 Å². The van der Waals surface area contributed by atoms with Gasteiger partial charge in [0.2, 0.25) is 5.91 Å². The van der Waals surface area contributed by atoms with Gasteiger partial charge in [-0.05, 0) is 19.5 Å². The second-order valence-electron chi connectivity index (χ2n) is 2.40. The molecule has 0 spiro atoms.